The van der Waals surface area contributed by atoms with Gasteiger partial charge in [0, 0.05) is 5.38 Å². The van der Waals surface area contributed by atoms with Crippen LogP contribution in [-0.4, -0.2) is 28.2 Å². The first-order chi connectivity index (χ1) is 10.1. The molecule has 3 rings (SSSR count). The summed E-state index contributed by atoms with van der Waals surface area (Å²) >= 11 is 1.54. The molecule has 2 heterocycles. The van der Waals surface area contributed by atoms with Gasteiger partial charge in [-0.3, -0.25) is 9.59 Å². The van der Waals surface area contributed by atoms with Crippen LogP contribution in [0.4, 0.5) is 0 Å². The van der Waals surface area contributed by atoms with E-state index in [9.17, 15) is 9.59 Å². The molecule has 2 amide bonds. The Balaban J connectivity index is 1.92. The van der Waals surface area contributed by atoms with Crippen molar-refractivity contribution in [3.8, 4) is 0 Å². The van der Waals surface area contributed by atoms with E-state index in [-0.39, 0.29) is 18.4 Å². The molecule has 1 aromatic carbocycles. The Kier molecular flexibility index (Phi) is 3.70. The Morgan fingerprint density at radius 3 is 2.76 bits per heavy atom. The number of aryl methyl sites for hydroxylation is 1. The van der Waals surface area contributed by atoms with Crippen molar-refractivity contribution in [3.63, 3.8) is 0 Å². The van der Waals surface area contributed by atoms with E-state index >= 15 is 0 Å². The normalized spacial score (nSPS) is 18.7. The lowest BCUT2D eigenvalue weighted by atomic mass is 10.0. The van der Waals surface area contributed by atoms with E-state index in [1.165, 1.54) is 0 Å². The maximum absolute atomic E-state index is 12.2. The lowest BCUT2D eigenvalue weighted by molar-refractivity contribution is -0.146. The number of hydrogen-bond acceptors (Lipinski definition) is 4. The highest BCUT2D eigenvalue weighted by atomic mass is 32.1. The second-order valence-corrected chi connectivity index (χ2v) is 5.97. The van der Waals surface area contributed by atoms with Crippen molar-refractivity contribution >= 4 is 23.2 Å². The van der Waals surface area contributed by atoms with Crippen LogP contribution in [0.3, 0.4) is 0 Å². The number of hydrogen-bond donors (Lipinski definition) is 1. The number of benzene rings is 1. The molecule has 0 saturated carbocycles. The van der Waals surface area contributed by atoms with E-state index in [1.807, 2.05) is 42.6 Å². The SMILES string of the molecule is Cc1nc(CN2C(=O)CNC(=O)C2c2ccccc2)cs1. The number of nitrogens with zero attached hydrogens (tertiary/aromatic N) is 2. The summed E-state index contributed by atoms with van der Waals surface area (Å²) in [6.07, 6.45) is 0. The molecule has 1 fully saturated rings. The molecule has 1 aliphatic rings. The fourth-order valence-corrected chi connectivity index (χ4v) is 3.05. The van der Waals surface area contributed by atoms with Crippen LogP contribution in [0.25, 0.3) is 0 Å². The fourth-order valence-electron chi connectivity index (χ4n) is 2.45. The number of aromatic nitrogens is 1. The zero-order valence-electron chi connectivity index (χ0n) is 11.6. The smallest absolute Gasteiger partial charge is 0.247 e. The third-order valence-electron chi connectivity index (χ3n) is 3.41. The Morgan fingerprint density at radius 2 is 2.10 bits per heavy atom. The van der Waals surface area contributed by atoms with Crippen molar-refractivity contribution in [2.45, 2.75) is 19.5 Å². The molecule has 0 radical (unpaired) electrons. The topological polar surface area (TPSA) is 62.3 Å². The van der Waals surface area contributed by atoms with Crippen LogP contribution < -0.4 is 5.32 Å². The molecule has 1 aromatic heterocycles. The summed E-state index contributed by atoms with van der Waals surface area (Å²) in [7, 11) is 0. The fraction of sp³-hybridized carbons (Fsp3) is 0.267. The van der Waals surface area contributed by atoms with Crippen molar-refractivity contribution in [1.29, 1.82) is 0 Å². The third-order valence-corrected chi connectivity index (χ3v) is 4.23. The lowest BCUT2D eigenvalue weighted by Crippen LogP contribution is -2.53. The molecule has 1 unspecified atom stereocenters. The summed E-state index contributed by atoms with van der Waals surface area (Å²) in [6, 6.07) is 8.76. The van der Waals surface area contributed by atoms with E-state index in [4.69, 9.17) is 0 Å². The van der Waals surface area contributed by atoms with Gasteiger partial charge in [0.15, 0.2) is 0 Å². The summed E-state index contributed by atoms with van der Waals surface area (Å²) in [6.45, 7) is 2.33. The summed E-state index contributed by atoms with van der Waals surface area (Å²) < 4.78 is 0. The van der Waals surface area contributed by atoms with Crippen molar-refractivity contribution in [2.24, 2.45) is 0 Å². The first kappa shape index (κ1) is 13.8. The molecule has 0 bridgehead atoms. The zero-order chi connectivity index (χ0) is 14.8. The predicted octanol–water partition coefficient (Wildman–Crippen LogP) is 1.65. The van der Waals surface area contributed by atoms with Gasteiger partial charge >= 0.3 is 0 Å². The average Bonchev–Trinajstić information content (AvgIpc) is 2.89. The molecular weight excluding hydrogens is 286 g/mol. The summed E-state index contributed by atoms with van der Waals surface area (Å²) in [5.41, 5.74) is 1.64. The van der Waals surface area contributed by atoms with Gasteiger partial charge in [-0.2, -0.15) is 0 Å². The van der Waals surface area contributed by atoms with E-state index in [0.29, 0.717) is 6.54 Å². The number of nitrogens with one attached hydrogen (secondary N) is 1. The van der Waals surface area contributed by atoms with Gasteiger partial charge in [0.1, 0.15) is 6.04 Å². The van der Waals surface area contributed by atoms with Gasteiger partial charge in [0.2, 0.25) is 11.8 Å². The molecule has 1 N–H and O–H groups in total. The van der Waals surface area contributed by atoms with Crippen LogP contribution in [0, 0.1) is 6.92 Å². The average molecular weight is 301 g/mol. The molecule has 1 saturated heterocycles. The highest BCUT2D eigenvalue weighted by Gasteiger charge is 2.35. The number of amides is 2. The minimum atomic E-state index is -0.588. The quantitative estimate of drug-likeness (QED) is 0.937. The first-order valence-corrected chi connectivity index (χ1v) is 7.56. The van der Waals surface area contributed by atoms with Gasteiger partial charge < -0.3 is 10.2 Å². The summed E-state index contributed by atoms with van der Waals surface area (Å²) in [4.78, 5) is 30.4. The maximum atomic E-state index is 12.2. The summed E-state index contributed by atoms with van der Waals surface area (Å²) in [5, 5.41) is 5.53. The minimum Gasteiger partial charge on any atom is -0.345 e. The van der Waals surface area contributed by atoms with Gasteiger partial charge in [-0.25, -0.2) is 4.98 Å². The Labute approximate surface area is 126 Å². The highest BCUT2D eigenvalue weighted by molar-refractivity contribution is 7.09. The Bertz CT molecular complexity index is 669. The second kappa shape index (κ2) is 5.65. The number of rotatable bonds is 3. The van der Waals surface area contributed by atoms with Crippen molar-refractivity contribution in [3.05, 3.63) is 52.0 Å². The van der Waals surface area contributed by atoms with E-state index in [2.05, 4.69) is 10.3 Å². The molecule has 2 aromatic rings. The number of carbonyl (C=O) groups excluding carboxylic acids is 2. The minimum absolute atomic E-state index is 0.0469. The number of piperazine rings is 1. The van der Waals surface area contributed by atoms with E-state index < -0.39 is 6.04 Å². The molecule has 5 nitrogen and oxygen atoms in total. The standard InChI is InChI=1S/C15H15N3O2S/c1-10-17-12(9-21-10)8-18-13(19)7-16-15(20)14(18)11-5-3-2-4-6-11/h2-6,9,14H,7-8H2,1H3,(H,16,20). The second-order valence-electron chi connectivity index (χ2n) is 4.91. The summed E-state index contributed by atoms with van der Waals surface area (Å²) in [5.74, 6) is -0.234. The Hall–Kier alpha value is -2.21. The van der Waals surface area contributed by atoms with E-state index in [1.54, 1.807) is 16.2 Å². The predicted molar refractivity (Wildman–Crippen MR) is 79.6 cm³/mol. The van der Waals surface area contributed by atoms with Crippen LogP contribution in [0.2, 0.25) is 0 Å². The largest absolute Gasteiger partial charge is 0.345 e. The molecule has 108 valence electrons. The van der Waals surface area contributed by atoms with Gasteiger partial charge in [-0.05, 0) is 12.5 Å². The van der Waals surface area contributed by atoms with Crippen LogP contribution in [0.5, 0.6) is 0 Å². The molecule has 21 heavy (non-hydrogen) atoms. The lowest BCUT2D eigenvalue weighted by Gasteiger charge is -2.34. The molecular formula is C15H15N3O2S. The van der Waals surface area contributed by atoms with Gasteiger partial charge in [-0.1, -0.05) is 30.3 Å². The van der Waals surface area contributed by atoms with Gasteiger partial charge in [0.25, 0.3) is 0 Å². The van der Waals surface area contributed by atoms with Crippen molar-refractivity contribution < 1.29 is 9.59 Å². The molecule has 1 atom stereocenters. The highest BCUT2D eigenvalue weighted by Crippen LogP contribution is 2.26. The van der Waals surface area contributed by atoms with Crippen LogP contribution in [0.15, 0.2) is 35.7 Å². The molecule has 0 spiro atoms. The first-order valence-electron chi connectivity index (χ1n) is 6.68. The van der Waals surface area contributed by atoms with Crippen LogP contribution >= 0.6 is 11.3 Å². The van der Waals surface area contributed by atoms with Gasteiger partial charge in [0.05, 0.1) is 23.8 Å². The zero-order valence-corrected chi connectivity index (χ0v) is 12.4. The van der Waals surface area contributed by atoms with Crippen LogP contribution in [-0.2, 0) is 16.1 Å². The van der Waals surface area contributed by atoms with Crippen molar-refractivity contribution in [1.82, 2.24) is 15.2 Å². The number of carbonyl (C=O) groups is 2. The van der Waals surface area contributed by atoms with Crippen LogP contribution in [0.1, 0.15) is 22.3 Å². The molecule has 1 aliphatic heterocycles. The monoisotopic (exact) mass is 301 g/mol. The Morgan fingerprint density at radius 1 is 1.33 bits per heavy atom. The van der Waals surface area contributed by atoms with Crippen molar-refractivity contribution in [2.75, 3.05) is 6.54 Å². The molecule has 6 heteroatoms. The third kappa shape index (κ3) is 2.80. The van der Waals surface area contributed by atoms with E-state index in [0.717, 1.165) is 16.3 Å². The van der Waals surface area contributed by atoms with Gasteiger partial charge in [-0.15, -0.1) is 11.3 Å². The number of thiazole rings is 1. The maximum Gasteiger partial charge on any atom is 0.247 e. The molecule has 0 aliphatic carbocycles.